The van der Waals surface area contributed by atoms with E-state index in [0.29, 0.717) is 40.7 Å². The van der Waals surface area contributed by atoms with Crippen molar-refractivity contribution < 1.29 is 17.6 Å². The van der Waals surface area contributed by atoms with Crippen molar-refractivity contribution in [3.63, 3.8) is 0 Å². The van der Waals surface area contributed by atoms with Crippen LogP contribution in [0.1, 0.15) is 310 Å². The van der Waals surface area contributed by atoms with Gasteiger partial charge in [-0.2, -0.15) is 0 Å². The molecule has 0 nitrogen and oxygen atoms in total. The standard InChI is InChI=1S/C12H22.C11H15F.C11H20.C11H22.C11H16.C10H12Cl2.C10H13Cl.C10H12F2.C10H13F.C8H11ClS/c1-10(2)9-11-3-5-12(6-4-11)7-8-12;1-9(2)7-10-3-5-11(8-12)6-4-10;1-9(2)6-10-7-11(8-10)4-3-5-11;2*1-9(2)8-11-6-4-10(3)5-7-11;1-7(2)5-8-3-4-9(11)6-10(8)12;1-8(2)7-9-3-5-10(11)6-4-9;1-7(2)5-8-3-4-9(11)6-10(8)12;1-8(2)7-9-3-5-10(11)6-4-9;1-6(2)5-7-3-4-8(9)10-7/h10-11H,3-9H2,1-2H3;3-6,9H,7-8H2,1-2H3;9-10H,3-8H2,1-2H3;9-11H,4-8H2,1-3H3;4-7,9H,8H2,1-3H3;3-4,6-7H,5H2,1-2H3;3-6,8H,7H2,1-2H3;3-4,6-7H,5H2,1-2H3;3-6,8H,7H2,1-2H3;3-4,6H,5H2,1-2H3. The third-order valence-electron chi connectivity index (χ3n) is 21.8. The Labute approximate surface area is 715 Å². The number of hydrogen-bond acceptors (Lipinski definition) is 1. The van der Waals surface area contributed by atoms with Crippen LogP contribution in [-0.4, -0.2) is 0 Å². The molecule has 1 aromatic heterocycles. The second kappa shape index (κ2) is 55.6. The number of halogens is 8. The van der Waals surface area contributed by atoms with Crippen LogP contribution in [0.15, 0.2) is 146 Å². The number of benzene rings is 6. The van der Waals surface area contributed by atoms with Crippen LogP contribution < -0.4 is 0 Å². The Kier molecular flexibility index (Phi) is 50.7. The summed E-state index contributed by atoms with van der Waals surface area (Å²) >= 11 is 25.0. The van der Waals surface area contributed by atoms with Crippen LogP contribution >= 0.6 is 57.7 Å². The fourth-order valence-electron chi connectivity index (χ4n) is 15.9. The zero-order valence-electron chi connectivity index (χ0n) is 74.8. The summed E-state index contributed by atoms with van der Waals surface area (Å²) in [5.41, 5.74) is 11.0. The first kappa shape index (κ1) is 103. The van der Waals surface area contributed by atoms with Gasteiger partial charge in [-0.15, -0.1) is 11.3 Å². The lowest BCUT2D eigenvalue weighted by Gasteiger charge is -2.55. The molecule has 5 aliphatic rings. The van der Waals surface area contributed by atoms with E-state index in [1.54, 1.807) is 68.8 Å². The van der Waals surface area contributed by atoms with Gasteiger partial charge in [0, 0.05) is 26.0 Å². The van der Waals surface area contributed by atoms with Gasteiger partial charge in [0.15, 0.2) is 0 Å². The molecule has 0 saturated heterocycles. The van der Waals surface area contributed by atoms with Gasteiger partial charge in [0.25, 0.3) is 0 Å². The molecule has 2 spiro atoms. The molecule has 634 valence electrons. The molecule has 5 aliphatic carbocycles. The zero-order valence-corrected chi connectivity index (χ0v) is 78.6. The summed E-state index contributed by atoms with van der Waals surface area (Å²) in [4.78, 5) is 1.39. The lowest BCUT2D eigenvalue weighted by atomic mass is 9.51. The molecule has 0 bridgehead atoms. The predicted octanol–water partition coefficient (Wildman–Crippen LogP) is 35.5. The average molecular weight is 1660 g/mol. The van der Waals surface area contributed by atoms with E-state index in [-0.39, 0.29) is 12.5 Å². The van der Waals surface area contributed by atoms with E-state index >= 15 is 0 Å². The molecule has 9 heteroatoms. The van der Waals surface area contributed by atoms with E-state index in [4.69, 9.17) is 46.4 Å². The maximum absolute atomic E-state index is 13.0. The minimum Gasteiger partial charge on any atom is -0.246 e. The van der Waals surface area contributed by atoms with E-state index in [9.17, 15) is 17.6 Å². The van der Waals surface area contributed by atoms with E-state index < -0.39 is 11.6 Å². The normalized spacial score (nSPS) is 16.9. The summed E-state index contributed by atoms with van der Waals surface area (Å²) in [6.45, 7) is 48.7. The van der Waals surface area contributed by atoms with Gasteiger partial charge in [0.05, 0.1) is 4.34 Å². The Bertz CT molecular complexity index is 3350. The molecule has 5 saturated carbocycles. The van der Waals surface area contributed by atoms with Gasteiger partial charge in [-0.25, -0.2) is 17.6 Å². The summed E-state index contributed by atoms with van der Waals surface area (Å²) in [7, 11) is 0. The Hall–Kier alpha value is -4.10. The molecule has 0 amide bonds. The van der Waals surface area contributed by atoms with Gasteiger partial charge in [0.1, 0.15) is 24.1 Å². The van der Waals surface area contributed by atoms with Crippen molar-refractivity contribution in [1.29, 1.82) is 0 Å². The van der Waals surface area contributed by atoms with Crippen LogP contribution in [0, 0.1) is 118 Å². The highest BCUT2D eigenvalue weighted by molar-refractivity contribution is 7.16. The Morgan fingerprint density at radius 3 is 1.12 bits per heavy atom. The van der Waals surface area contributed by atoms with Gasteiger partial charge >= 0.3 is 0 Å². The number of aryl methyl sites for hydroxylation is 1. The van der Waals surface area contributed by atoms with Crippen molar-refractivity contribution in [2.24, 2.45) is 93.7 Å². The van der Waals surface area contributed by atoms with Gasteiger partial charge in [-0.05, 0) is 323 Å². The van der Waals surface area contributed by atoms with E-state index in [1.165, 1.54) is 133 Å². The second-order valence-electron chi connectivity index (χ2n) is 38.6. The quantitative estimate of drug-likeness (QED) is 0.0629. The molecule has 5 fully saturated rings. The molecule has 0 unspecified atom stereocenters. The third-order valence-corrected chi connectivity index (χ3v) is 23.8. The maximum atomic E-state index is 13.0. The first-order valence-electron chi connectivity index (χ1n) is 44.0. The van der Waals surface area contributed by atoms with Crippen LogP contribution in [0.2, 0.25) is 19.4 Å². The highest BCUT2D eigenvalue weighted by atomic mass is 35.5. The van der Waals surface area contributed by atoms with E-state index in [1.807, 2.05) is 80.6 Å². The van der Waals surface area contributed by atoms with Gasteiger partial charge in [-0.3, -0.25) is 0 Å². The van der Waals surface area contributed by atoms with E-state index in [2.05, 4.69) is 181 Å². The monoisotopic (exact) mass is 1650 g/mol. The lowest BCUT2D eigenvalue weighted by Crippen LogP contribution is -2.42. The summed E-state index contributed by atoms with van der Waals surface area (Å²) in [5.74, 6) is 10.4. The van der Waals surface area contributed by atoms with Crippen molar-refractivity contribution in [2.45, 2.75) is 320 Å². The first-order valence-corrected chi connectivity index (χ1v) is 46.4. The fraction of sp³-hybridized carbons (Fsp3) is 0.615. The molecule has 0 radical (unpaired) electrons. The molecule has 1 heterocycles. The summed E-state index contributed by atoms with van der Waals surface area (Å²) < 4.78 is 50.9. The Balaban J connectivity index is 0.000000325. The Morgan fingerprint density at radius 1 is 0.354 bits per heavy atom. The first-order chi connectivity index (χ1) is 53.2. The highest BCUT2D eigenvalue weighted by Gasteiger charge is 2.47. The minimum absolute atomic E-state index is 0.155. The molecular formula is C104H156Cl4F4S. The van der Waals surface area contributed by atoms with Crippen molar-refractivity contribution in [1.82, 2.24) is 0 Å². The molecule has 0 aliphatic heterocycles. The van der Waals surface area contributed by atoms with Crippen molar-refractivity contribution in [3.05, 3.63) is 232 Å². The second-order valence-corrected chi connectivity index (χ2v) is 41.7. The van der Waals surface area contributed by atoms with Gasteiger partial charge < -0.3 is 0 Å². The number of thiophene rings is 1. The summed E-state index contributed by atoms with van der Waals surface area (Å²) in [6.07, 6.45) is 34.8. The molecule has 113 heavy (non-hydrogen) atoms. The largest absolute Gasteiger partial charge is 0.246 e. The van der Waals surface area contributed by atoms with Crippen molar-refractivity contribution >= 4 is 57.7 Å². The van der Waals surface area contributed by atoms with Crippen LogP contribution in [0.4, 0.5) is 17.6 Å². The van der Waals surface area contributed by atoms with Crippen LogP contribution in [0.5, 0.6) is 0 Å². The van der Waals surface area contributed by atoms with Gasteiger partial charge in [-0.1, -0.05) is 314 Å². The third kappa shape index (κ3) is 48.5. The van der Waals surface area contributed by atoms with E-state index in [0.717, 1.165) is 128 Å². The smallest absolute Gasteiger partial charge is 0.129 e. The SMILES string of the molecule is CC(C)CC1CC2(CCC2)C1.CC(C)CC1CCC(C)CC1.CC(C)CC1CCC2(CC1)CC2.CC(C)Cc1ccc(CF)cc1.CC(C)Cc1ccc(Cl)cc1.CC(C)Cc1ccc(Cl)cc1Cl.CC(C)Cc1ccc(Cl)s1.CC(C)Cc1ccc(F)cc1.CC(C)Cc1ccc(F)cc1F.Cc1ccc(CC(C)C)cc1. The van der Waals surface area contributed by atoms with Crippen LogP contribution in [-0.2, 0) is 51.6 Å². The topological polar surface area (TPSA) is 0 Å². The zero-order chi connectivity index (χ0) is 84.4. The number of rotatable bonds is 21. The van der Waals surface area contributed by atoms with Crippen LogP contribution in [0.25, 0.3) is 0 Å². The summed E-state index contributed by atoms with van der Waals surface area (Å²) in [6, 6.07) is 44.7. The average Bonchev–Trinajstić information content (AvgIpc) is 0.847. The highest BCUT2D eigenvalue weighted by Crippen LogP contribution is 2.60. The van der Waals surface area contributed by atoms with Crippen molar-refractivity contribution in [3.8, 4) is 0 Å². The van der Waals surface area contributed by atoms with Crippen molar-refractivity contribution in [2.75, 3.05) is 0 Å². The predicted molar refractivity (Wildman–Crippen MR) is 494 cm³/mol. The number of alkyl halides is 1. The Morgan fingerprint density at radius 2 is 0.735 bits per heavy atom. The molecular weight excluding hydrogens is 1500 g/mol. The minimum atomic E-state index is -0.514. The fourth-order valence-corrected chi connectivity index (χ4v) is 17.8. The van der Waals surface area contributed by atoms with Gasteiger partial charge in [0.2, 0.25) is 0 Å². The molecule has 7 aromatic rings. The molecule has 6 aromatic carbocycles. The summed E-state index contributed by atoms with van der Waals surface area (Å²) in [5, 5.41) is 2.29. The lowest BCUT2D eigenvalue weighted by molar-refractivity contribution is -0.0321. The molecule has 12 rings (SSSR count). The maximum Gasteiger partial charge on any atom is 0.129 e. The molecule has 0 N–H and O–H groups in total. The molecule has 0 atom stereocenters. The number of hydrogen-bond donors (Lipinski definition) is 0. The van der Waals surface area contributed by atoms with Crippen LogP contribution in [0.3, 0.4) is 0 Å².